The van der Waals surface area contributed by atoms with Crippen molar-refractivity contribution >= 4 is 22.5 Å². The first-order valence-electron chi connectivity index (χ1n) is 5.28. The number of nitrogens with two attached hydrogens (primary N) is 1. The summed E-state index contributed by atoms with van der Waals surface area (Å²) in [5.41, 5.74) is 8.45. The number of aromatic nitrogens is 1. The van der Waals surface area contributed by atoms with Crippen LogP contribution in [0, 0.1) is 0 Å². The highest BCUT2D eigenvalue weighted by Crippen LogP contribution is 2.29. The van der Waals surface area contributed by atoms with Gasteiger partial charge in [-0.15, -0.1) is 0 Å². The summed E-state index contributed by atoms with van der Waals surface area (Å²) in [6.07, 6.45) is 2.01. The Balaban J connectivity index is 2.29. The first-order chi connectivity index (χ1) is 7.25. The van der Waals surface area contributed by atoms with Crippen molar-refractivity contribution in [2.75, 3.05) is 0 Å². The predicted octanol–water partition coefficient (Wildman–Crippen LogP) is 2.57. The lowest BCUT2D eigenvalue weighted by Gasteiger charge is -2.21. The molecule has 1 atom stereocenters. The number of halogens is 1. The molecule has 0 bridgehead atoms. The van der Waals surface area contributed by atoms with E-state index in [0.717, 1.165) is 24.4 Å². The minimum absolute atomic E-state index is 0.306. The Hall–Kier alpha value is -0.990. The zero-order valence-corrected chi connectivity index (χ0v) is 9.17. The van der Waals surface area contributed by atoms with Crippen LogP contribution in [0.1, 0.15) is 12.1 Å². The van der Waals surface area contributed by atoms with E-state index in [9.17, 15) is 0 Å². The second-order valence-electron chi connectivity index (χ2n) is 4.22. The quantitative estimate of drug-likeness (QED) is 0.727. The lowest BCUT2D eigenvalue weighted by Crippen LogP contribution is -2.30. The van der Waals surface area contributed by atoms with Gasteiger partial charge in [-0.05, 0) is 18.6 Å². The van der Waals surface area contributed by atoms with Crippen molar-refractivity contribution in [3.8, 4) is 0 Å². The molecule has 0 amide bonds. The van der Waals surface area contributed by atoms with Gasteiger partial charge in [0.05, 0.1) is 10.5 Å². The molecule has 2 nitrogen and oxygen atoms in total. The molecule has 78 valence electrons. The maximum absolute atomic E-state index is 6.22. The van der Waals surface area contributed by atoms with Gasteiger partial charge < -0.3 is 10.3 Å². The smallest absolute Gasteiger partial charge is 0.0671 e. The van der Waals surface area contributed by atoms with Gasteiger partial charge in [0.1, 0.15) is 0 Å². The molecule has 1 unspecified atom stereocenters. The molecule has 1 aliphatic rings. The fourth-order valence-electron chi connectivity index (χ4n) is 2.42. The molecule has 0 saturated heterocycles. The zero-order chi connectivity index (χ0) is 10.4. The van der Waals surface area contributed by atoms with Crippen LogP contribution in [0.4, 0.5) is 0 Å². The van der Waals surface area contributed by atoms with Crippen LogP contribution >= 0.6 is 11.6 Å². The predicted molar refractivity (Wildman–Crippen MR) is 63.2 cm³/mol. The van der Waals surface area contributed by atoms with E-state index in [0.29, 0.717) is 6.04 Å². The van der Waals surface area contributed by atoms with Crippen molar-refractivity contribution in [1.29, 1.82) is 0 Å². The molecule has 15 heavy (non-hydrogen) atoms. The van der Waals surface area contributed by atoms with Crippen LogP contribution in [0.5, 0.6) is 0 Å². The van der Waals surface area contributed by atoms with Gasteiger partial charge in [-0.2, -0.15) is 0 Å². The van der Waals surface area contributed by atoms with Gasteiger partial charge in [0.25, 0.3) is 0 Å². The fraction of sp³-hybridized carbons (Fsp3) is 0.333. The van der Waals surface area contributed by atoms with E-state index in [-0.39, 0.29) is 0 Å². The van der Waals surface area contributed by atoms with Crippen LogP contribution in [0.25, 0.3) is 10.9 Å². The Morgan fingerprint density at radius 1 is 1.40 bits per heavy atom. The molecule has 3 heteroatoms. The second kappa shape index (κ2) is 3.26. The highest BCUT2D eigenvalue weighted by molar-refractivity contribution is 6.35. The number of hydrogen-bond acceptors (Lipinski definition) is 1. The van der Waals surface area contributed by atoms with Crippen LogP contribution < -0.4 is 5.73 Å². The Morgan fingerprint density at radius 3 is 3.13 bits per heavy atom. The van der Waals surface area contributed by atoms with E-state index in [4.69, 9.17) is 17.3 Å². The molecule has 0 spiro atoms. The summed E-state index contributed by atoms with van der Waals surface area (Å²) in [4.78, 5) is 0. The average Bonchev–Trinajstić information content (AvgIpc) is 2.56. The third-order valence-electron chi connectivity index (χ3n) is 3.15. The molecule has 0 fully saturated rings. The summed E-state index contributed by atoms with van der Waals surface area (Å²) in [5.74, 6) is 0. The summed E-state index contributed by atoms with van der Waals surface area (Å²) < 4.78 is 2.31. The van der Waals surface area contributed by atoms with Crippen molar-refractivity contribution in [1.82, 2.24) is 4.57 Å². The highest BCUT2D eigenvalue weighted by atomic mass is 35.5. The van der Waals surface area contributed by atoms with E-state index in [1.165, 1.54) is 16.6 Å². The number of benzene rings is 1. The zero-order valence-electron chi connectivity index (χ0n) is 8.41. The fourth-order valence-corrected chi connectivity index (χ4v) is 2.71. The van der Waals surface area contributed by atoms with Crippen LogP contribution in [0.15, 0.2) is 24.3 Å². The number of fused-ring (bicyclic) bond motifs is 3. The van der Waals surface area contributed by atoms with Gasteiger partial charge in [0, 0.05) is 30.1 Å². The van der Waals surface area contributed by atoms with Crippen molar-refractivity contribution in [2.24, 2.45) is 5.73 Å². The Bertz CT molecular complexity index is 516. The molecule has 0 aliphatic carbocycles. The normalized spacial score (nSPS) is 20.5. The van der Waals surface area contributed by atoms with Crippen molar-refractivity contribution in [2.45, 2.75) is 25.4 Å². The summed E-state index contributed by atoms with van der Waals surface area (Å²) in [6.45, 7) is 0.990. The van der Waals surface area contributed by atoms with Crippen molar-refractivity contribution < 1.29 is 0 Å². The SMILES string of the molecule is NC1CCn2c(cc3cccc(Cl)c32)C1. The van der Waals surface area contributed by atoms with Crippen molar-refractivity contribution in [3.63, 3.8) is 0 Å². The van der Waals surface area contributed by atoms with Crippen LogP contribution in [0.2, 0.25) is 5.02 Å². The van der Waals surface area contributed by atoms with Crippen LogP contribution in [-0.4, -0.2) is 10.6 Å². The molecule has 0 saturated carbocycles. The Labute approximate surface area is 93.6 Å². The number of nitrogens with zero attached hydrogens (tertiary/aromatic N) is 1. The van der Waals surface area contributed by atoms with E-state index in [1.54, 1.807) is 0 Å². The molecule has 1 aromatic heterocycles. The van der Waals surface area contributed by atoms with E-state index < -0.39 is 0 Å². The first-order valence-corrected chi connectivity index (χ1v) is 5.66. The summed E-state index contributed by atoms with van der Waals surface area (Å²) in [6, 6.07) is 8.57. The second-order valence-corrected chi connectivity index (χ2v) is 4.63. The monoisotopic (exact) mass is 220 g/mol. The molecule has 0 radical (unpaired) electrons. The van der Waals surface area contributed by atoms with Gasteiger partial charge in [-0.3, -0.25) is 0 Å². The lowest BCUT2D eigenvalue weighted by molar-refractivity contribution is 0.480. The van der Waals surface area contributed by atoms with Gasteiger partial charge in [-0.25, -0.2) is 0 Å². The minimum Gasteiger partial charge on any atom is -0.343 e. The maximum Gasteiger partial charge on any atom is 0.0671 e. The minimum atomic E-state index is 0.306. The maximum atomic E-state index is 6.22. The molecule has 1 aliphatic heterocycles. The van der Waals surface area contributed by atoms with Gasteiger partial charge in [-0.1, -0.05) is 23.7 Å². The van der Waals surface area contributed by atoms with Crippen LogP contribution in [-0.2, 0) is 13.0 Å². The lowest BCUT2D eigenvalue weighted by atomic mass is 10.1. The summed E-state index contributed by atoms with van der Waals surface area (Å²) in [5, 5.41) is 2.07. The number of rotatable bonds is 0. The molecular weight excluding hydrogens is 208 g/mol. The van der Waals surface area contributed by atoms with E-state index in [2.05, 4.69) is 16.7 Å². The van der Waals surface area contributed by atoms with Gasteiger partial charge in [0.15, 0.2) is 0 Å². The summed E-state index contributed by atoms with van der Waals surface area (Å²) in [7, 11) is 0. The average molecular weight is 221 g/mol. The molecule has 2 heterocycles. The molecule has 1 aromatic carbocycles. The standard InChI is InChI=1S/C12H13ClN2/c13-11-3-1-2-8-6-10-7-9(14)4-5-15(10)12(8)11/h1-3,6,9H,4-5,7,14H2. The van der Waals surface area contributed by atoms with Gasteiger partial charge in [0.2, 0.25) is 0 Å². The third kappa shape index (κ3) is 1.36. The van der Waals surface area contributed by atoms with Crippen molar-refractivity contribution in [3.05, 3.63) is 35.0 Å². The van der Waals surface area contributed by atoms with E-state index in [1.807, 2.05) is 12.1 Å². The van der Waals surface area contributed by atoms with E-state index >= 15 is 0 Å². The summed E-state index contributed by atoms with van der Waals surface area (Å²) >= 11 is 6.22. The van der Waals surface area contributed by atoms with Gasteiger partial charge >= 0.3 is 0 Å². The Kier molecular flexibility index (Phi) is 2.01. The Morgan fingerprint density at radius 2 is 2.27 bits per heavy atom. The number of aryl methyl sites for hydroxylation is 1. The highest BCUT2D eigenvalue weighted by Gasteiger charge is 2.18. The molecule has 2 aromatic rings. The third-order valence-corrected chi connectivity index (χ3v) is 3.46. The molecular formula is C12H13ClN2. The topological polar surface area (TPSA) is 30.9 Å². The largest absolute Gasteiger partial charge is 0.343 e. The van der Waals surface area contributed by atoms with Crippen LogP contribution in [0.3, 0.4) is 0 Å². The number of hydrogen-bond donors (Lipinski definition) is 1. The first kappa shape index (κ1) is 9.25. The molecule has 3 rings (SSSR count). The number of para-hydroxylation sites is 1. The molecule has 2 N–H and O–H groups in total.